The highest BCUT2D eigenvalue weighted by Gasteiger charge is 2.08. The molecule has 2 N–H and O–H groups in total. The van der Waals surface area contributed by atoms with Gasteiger partial charge in [0.25, 0.3) is 5.91 Å². The van der Waals surface area contributed by atoms with Crippen molar-refractivity contribution in [2.75, 3.05) is 11.9 Å². The molecule has 0 aliphatic carbocycles. The molecule has 0 spiro atoms. The molecule has 0 radical (unpaired) electrons. The van der Waals surface area contributed by atoms with Crippen molar-refractivity contribution in [2.45, 2.75) is 20.0 Å². The van der Waals surface area contributed by atoms with Crippen LogP contribution in [0.2, 0.25) is 0 Å². The van der Waals surface area contributed by atoms with Gasteiger partial charge in [-0.05, 0) is 44.2 Å². The summed E-state index contributed by atoms with van der Waals surface area (Å²) in [6.07, 6.45) is 3.27. The zero-order valence-corrected chi connectivity index (χ0v) is 13.2. The molecule has 1 aromatic carbocycles. The van der Waals surface area contributed by atoms with Crippen LogP contribution in [0.3, 0.4) is 0 Å². The average Bonchev–Trinajstić information content (AvgIpc) is 2.54. The molecular formula is C17H20N4O2. The van der Waals surface area contributed by atoms with Gasteiger partial charge < -0.3 is 15.4 Å². The highest BCUT2D eigenvalue weighted by atomic mass is 16.5. The first-order valence-electron chi connectivity index (χ1n) is 7.34. The van der Waals surface area contributed by atoms with Gasteiger partial charge >= 0.3 is 0 Å². The topological polar surface area (TPSA) is 76.1 Å². The molecule has 1 heterocycles. The second-order valence-corrected chi connectivity index (χ2v) is 5.08. The Labute approximate surface area is 135 Å². The van der Waals surface area contributed by atoms with Crippen molar-refractivity contribution >= 4 is 17.5 Å². The summed E-state index contributed by atoms with van der Waals surface area (Å²) < 4.78 is 5.59. The van der Waals surface area contributed by atoms with E-state index in [2.05, 4.69) is 27.2 Å². The summed E-state index contributed by atoms with van der Waals surface area (Å²) in [4.78, 5) is 20.2. The van der Waals surface area contributed by atoms with Crippen LogP contribution in [-0.4, -0.2) is 28.5 Å². The maximum absolute atomic E-state index is 11.9. The van der Waals surface area contributed by atoms with Crippen molar-refractivity contribution in [1.29, 1.82) is 0 Å². The van der Waals surface area contributed by atoms with E-state index in [0.29, 0.717) is 18.2 Å². The largest absolute Gasteiger partial charge is 0.491 e. The summed E-state index contributed by atoms with van der Waals surface area (Å²) in [5, 5.41) is 5.73. The molecule has 0 aliphatic heterocycles. The smallest absolute Gasteiger partial charge is 0.270 e. The Kier molecular flexibility index (Phi) is 5.68. The summed E-state index contributed by atoms with van der Waals surface area (Å²) in [5.74, 6) is 0.883. The van der Waals surface area contributed by atoms with Gasteiger partial charge in [-0.1, -0.05) is 6.08 Å². The number of amides is 1. The lowest BCUT2D eigenvalue weighted by molar-refractivity contribution is 0.0953. The second-order valence-electron chi connectivity index (χ2n) is 5.08. The first-order chi connectivity index (χ1) is 11.1. The van der Waals surface area contributed by atoms with Gasteiger partial charge in [0.05, 0.1) is 6.10 Å². The van der Waals surface area contributed by atoms with E-state index in [1.54, 1.807) is 12.1 Å². The van der Waals surface area contributed by atoms with Crippen molar-refractivity contribution in [2.24, 2.45) is 0 Å². The normalized spacial score (nSPS) is 10.2. The molecule has 0 atom stereocenters. The van der Waals surface area contributed by atoms with E-state index in [4.69, 9.17) is 4.74 Å². The Balaban J connectivity index is 2.05. The van der Waals surface area contributed by atoms with Crippen LogP contribution >= 0.6 is 0 Å². The summed E-state index contributed by atoms with van der Waals surface area (Å²) >= 11 is 0. The Morgan fingerprint density at radius 2 is 2.04 bits per heavy atom. The Morgan fingerprint density at radius 1 is 1.30 bits per heavy atom. The van der Waals surface area contributed by atoms with Crippen molar-refractivity contribution in [3.63, 3.8) is 0 Å². The number of nitrogens with one attached hydrogen (secondary N) is 2. The standard InChI is InChI=1S/C17H20N4O2/c1-4-10-18-16(22)15-9-11-19-17(21-15)20-13-5-7-14(8-6-13)23-12(2)3/h4-9,11-12H,1,10H2,2-3H3,(H,18,22)(H,19,20,21). The molecule has 0 saturated carbocycles. The first kappa shape index (κ1) is 16.5. The van der Waals surface area contributed by atoms with E-state index in [-0.39, 0.29) is 12.0 Å². The van der Waals surface area contributed by atoms with Gasteiger partial charge in [-0.3, -0.25) is 4.79 Å². The summed E-state index contributed by atoms with van der Waals surface area (Å²) in [5.41, 5.74) is 1.11. The van der Waals surface area contributed by atoms with E-state index >= 15 is 0 Å². The van der Waals surface area contributed by atoms with E-state index in [1.807, 2.05) is 38.1 Å². The number of benzene rings is 1. The van der Waals surface area contributed by atoms with Crippen LogP contribution in [0.25, 0.3) is 0 Å². The lowest BCUT2D eigenvalue weighted by atomic mass is 10.3. The highest BCUT2D eigenvalue weighted by Crippen LogP contribution is 2.19. The minimum absolute atomic E-state index is 0.128. The fourth-order valence-corrected chi connectivity index (χ4v) is 1.82. The number of hydrogen-bond acceptors (Lipinski definition) is 5. The lowest BCUT2D eigenvalue weighted by Crippen LogP contribution is -2.24. The predicted molar refractivity (Wildman–Crippen MR) is 90.1 cm³/mol. The van der Waals surface area contributed by atoms with E-state index in [1.165, 1.54) is 6.20 Å². The van der Waals surface area contributed by atoms with E-state index in [9.17, 15) is 4.79 Å². The number of ether oxygens (including phenoxy) is 1. The minimum atomic E-state index is -0.268. The van der Waals surface area contributed by atoms with Crippen LogP contribution in [0.15, 0.2) is 49.2 Å². The Hall–Kier alpha value is -2.89. The van der Waals surface area contributed by atoms with Gasteiger partial charge in [-0.25, -0.2) is 9.97 Å². The van der Waals surface area contributed by atoms with Crippen LogP contribution in [0, 0.1) is 0 Å². The molecule has 1 aromatic heterocycles. The third kappa shape index (κ3) is 5.10. The molecule has 2 aromatic rings. The highest BCUT2D eigenvalue weighted by molar-refractivity contribution is 5.92. The monoisotopic (exact) mass is 312 g/mol. The molecule has 0 fully saturated rings. The molecule has 120 valence electrons. The second kappa shape index (κ2) is 7.93. The third-order valence-corrected chi connectivity index (χ3v) is 2.78. The maximum Gasteiger partial charge on any atom is 0.270 e. The van der Waals surface area contributed by atoms with Gasteiger partial charge in [0, 0.05) is 18.4 Å². The number of anilines is 2. The van der Waals surface area contributed by atoms with Crippen LogP contribution in [0.5, 0.6) is 5.75 Å². The SMILES string of the molecule is C=CCNC(=O)c1ccnc(Nc2ccc(OC(C)C)cc2)n1. The fourth-order valence-electron chi connectivity index (χ4n) is 1.82. The van der Waals surface area contributed by atoms with Gasteiger partial charge in [0.2, 0.25) is 5.95 Å². The molecular weight excluding hydrogens is 292 g/mol. The molecule has 2 rings (SSSR count). The van der Waals surface area contributed by atoms with Gasteiger partial charge in [0.1, 0.15) is 11.4 Å². The first-order valence-corrected chi connectivity index (χ1v) is 7.34. The maximum atomic E-state index is 11.9. The van der Waals surface area contributed by atoms with Crippen molar-refractivity contribution in [3.8, 4) is 5.75 Å². The molecule has 0 bridgehead atoms. The minimum Gasteiger partial charge on any atom is -0.491 e. The predicted octanol–water partition coefficient (Wildman–Crippen LogP) is 2.92. The molecule has 0 aliphatic rings. The zero-order chi connectivity index (χ0) is 16.7. The number of aromatic nitrogens is 2. The van der Waals surface area contributed by atoms with E-state index < -0.39 is 0 Å². The summed E-state index contributed by atoms with van der Waals surface area (Å²) in [6, 6.07) is 9.02. The van der Waals surface area contributed by atoms with Crippen LogP contribution in [0.4, 0.5) is 11.6 Å². The average molecular weight is 312 g/mol. The third-order valence-electron chi connectivity index (χ3n) is 2.78. The van der Waals surface area contributed by atoms with Crippen LogP contribution < -0.4 is 15.4 Å². The lowest BCUT2D eigenvalue weighted by Gasteiger charge is -2.10. The quantitative estimate of drug-likeness (QED) is 0.769. The molecule has 0 unspecified atom stereocenters. The number of nitrogens with zero attached hydrogens (tertiary/aromatic N) is 2. The van der Waals surface area contributed by atoms with E-state index in [0.717, 1.165) is 11.4 Å². The van der Waals surface area contributed by atoms with Crippen molar-refractivity contribution in [1.82, 2.24) is 15.3 Å². The van der Waals surface area contributed by atoms with Crippen LogP contribution in [0.1, 0.15) is 24.3 Å². The van der Waals surface area contributed by atoms with Crippen LogP contribution in [-0.2, 0) is 0 Å². The fraction of sp³-hybridized carbons (Fsp3) is 0.235. The number of rotatable bonds is 7. The summed E-state index contributed by atoms with van der Waals surface area (Å²) in [7, 11) is 0. The zero-order valence-electron chi connectivity index (χ0n) is 13.2. The Morgan fingerprint density at radius 3 is 2.70 bits per heavy atom. The van der Waals surface area contributed by atoms with Crippen molar-refractivity contribution in [3.05, 3.63) is 54.9 Å². The number of carbonyl (C=O) groups is 1. The summed E-state index contributed by atoms with van der Waals surface area (Å²) in [6.45, 7) is 7.90. The molecule has 6 heteroatoms. The Bertz CT molecular complexity index is 669. The molecule has 0 saturated heterocycles. The number of hydrogen-bond donors (Lipinski definition) is 2. The number of carbonyl (C=O) groups excluding carboxylic acids is 1. The molecule has 23 heavy (non-hydrogen) atoms. The molecule has 6 nitrogen and oxygen atoms in total. The van der Waals surface area contributed by atoms with Gasteiger partial charge in [0.15, 0.2) is 0 Å². The van der Waals surface area contributed by atoms with Gasteiger partial charge in [-0.2, -0.15) is 0 Å². The molecule has 1 amide bonds. The van der Waals surface area contributed by atoms with Gasteiger partial charge in [-0.15, -0.1) is 6.58 Å². The van der Waals surface area contributed by atoms with Crippen molar-refractivity contribution < 1.29 is 9.53 Å².